The normalized spacial score (nSPS) is 25.3. The molecule has 1 N–H and O–H groups in total. The van der Waals surface area contributed by atoms with Crippen LogP contribution in [0.1, 0.15) is 37.9 Å². The van der Waals surface area contributed by atoms with Crippen molar-refractivity contribution < 1.29 is 14.3 Å². The monoisotopic (exact) mass is 384 g/mol. The molecule has 9 heteroatoms. The third-order valence-corrected chi connectivity index (χ3v) is 6.20. The Morgan fingerprint density at radius 2 is 2.25 bits per heavy atom. The zero-order chi connectivity index (χ0) is 19.3. The van der Waals surface area contributed by atoms with Gasteiger partial charge in [-0.25, -0.2) is 9.78 Å². The van der Waals surface area contributed by atoms with E-state index in [1.165, 1.54) is 0 Å². The summed E-state index contributed by atoms with van der Waals surface area (Å²) in [6.45, 7) is 3.35. The highest BCUT2D eigenvalue weighted by Gasteiger charge is 2.40. The summed E-state index contributed by atoms with van der Waals surface area (Å²) in [5.41, 5.74) is 2.52. The number of amides is 1. The molecule has 5 rings (SSSR count). The van der Waals surface area contributed by atoms with Crippen molar-refractivity contribution in [2.24, 2.45) is 5.92 Å². The molecular weight excluding hydrogens is 360 g/mol. The summed E-state index contributed by atoms with van der Waals surface area (Å²) in [6.07, 6.45) is 5.84. The molecular formula is C19H24N6O3. The molecule has 148 valence electrons. The van der Waals surface area contributed by atoms with Crippen LogP contribution < -0.4 is 0 Å². The second-order valence-corrected chi connectivity index (χ2v) is 7.78. The van der Waals surface area contributed by atoms with E-state index in [1.54, 1.807) is 18.1 Å². The fourth-order valence-electron chi connectivity index (χ4n) is 4.40. The topological polar surface area (TPSA) is 97.6 Å². The molecule has 3 unspecified atom stereocenters. The van der Waals surface area contributed by atoms with Crippen molar-refractivity contribution in [1.82, 2.24) is 29.5 Å². The maximum atomic E-state index is 12.5. The standard InChI is InChI=1S/C19H24N6O3/c1-3-11-6-13(28-19(26)24(2)12-9-27-10-12)7-14(11)18-23-22-16-8-21-17-15(25(16)18)4-5-20-17/h4-5,8,11-14,20H,3,6-7,9-10H2,1-2H3. The number of nitrogens with zero attached hydrogens (tertiary/aromatic N) is 5. The Labute approximate surface area is 162 Å². The third-order valence-electron chi connectivity index (χ3n) is 6.20. The van der Waals surface area contributed by atoms with Crippen molar-refractivity contribution >= 4 is 22.9 Å². The number of H-pyrrole nitrogens is 1. The lowest BCUT2D eigenvalue weighted by molar-refractivity contribution is -0.0565. The van der Waals surface area contributed by atoms with E-state index in [4.69, 9.17) is 9.47 Å². The van der Waals surface area contributed by atoms with Crippen LogP contribution in [0.25, 0.3) is 16.8 Å². The van der Waals surface area contributed by atoms with Crippen LogP contribution >= 0.6 is 0 Å². The number of carbonyl (C=O) groups is 1. The molecule has 2 aliphatic rings. The molecule has 3 aromatic heterocycles. The quantitative estimate of drug-likeness (QED) is 0.741. The molecule has 1 saturated carbocycles. The molecule has 9 nitrogen and oxygen atoms in total. The maximum absolute atomic E-state index is 12.5. The minimum absolute atomic E-state index is 0.109. The van der Waals surface area contributed by atoms with E-state index in [0.717, 1.165) is 41.9 Å². The summed E-state index contributed by atoms with van der Waals surface area (Å²) in [7, 11) is 1.78. The van der Waals surface area contributed by atoms with Gasteiger partial charge in [-0.1, -0.05) is 13.3 Å². The van der Waals surface area contributed by atoms with Gasteiger partial charge in [0.1, 0.15) is 11.9 Å². The summed E-state index contributed by atoms with van der Waals surface area (Å²) in [5, 5.41) is 8.82. The number of likely N-dealkylation sites (N-methyl/N-ethyl adjacent to an activating group) is 1. The molecule has 0 aromatic carbocycles. The number of fused-ring (bicyclic) bond motifs is 3. The lowest BCUT2D eigenvalue weighted by atomic mass is 9.93. The van der Waals surface area contributed by atoms with Gasteiger partial charge < -0.3 is 19.4 Å². The molecule has 0 radical (unpaired) electrons. The summed E-state index contributed by atoms with van der Waals surface area (Å²) < 4.78 is 13.1. The van der Waals surface area contributed by atoms with E-state index >= 15 is 0 Å². The van der Waals surface area contributed by atoms with Crippen LogP contribution in [0.2, 0.25) is 0 Å². The Bertz CT molecular complexity index is 1010. The molecule has 28 heavy (non-hydrogen) atoms. The molecule has 3 aromatic rings. The van der Waals surface area contributed by atoms with Crippen molar-refractivity contribution in [3.8, 4) is 0 Å². The number of rotatable bonds is 4. The highest BCUT2D eigenvalue weighted by atomic mass is 16.6. The number of aromatic amines is 1. The summed E-state index contributed by atoms with van der Waals surface area (Å²) in [4.78, 5) is 21.7. The summed E-state index contributed by atoms with van der Waals surface area (Å²) in [5.74, 6) is 1.51. The first-order chi connectivity index (χ1) is 13.7. The van der Waals surface area contributed by atoms with Crippen LogP contribution in [0, 0.1) is 5.92 Å². The van der Waals surface area contributed by atoms with Crippen LogP contribution in [-0.4, -0.2) is 68.0 Å². The zero-order valence-corrected chi connectivity index (χ0v) is 16.0. The first-order valence-electron chi connectivity index (χ1n) is 9.84. The number of ether oxygens (including phenoxy) is 2. The lowest BCUT2D eigenvalue weighted by Gasteiger charge is -2.34. The van der Waals surface area contributed by atoms with E-state index in [1.807, 2.05) is 12.3 Å². The van der Waals surface area contributed by atoms with E-state index < -0.39 is 0 Å². The molecule has 0 spiro atoms. The Hall–Kier alpha value is -2.68. The van der Waals surface area contributed by atoms with Gasteiger partial charge in [0.25, 0.3) is 0 Å². The van der Waals surface area contributed by atoms with Gasteiger partial charge in [0.05, 0.1) is 31.0 Å². The lowest BCUT2D eigenvalue weighted by Crippen LogP contribution is -2.50. The molecule has 1 saturated heterocycles. The van der Waals surface area contributed by atoms with Gasteiger partial charge >= 0.3 is 6.09 Å². The number of hydrogen-bond donors (Lipinski definition) is 1. The average molecular weight is 384 g/mol. The van der Waals surface area contributed by atoms with E-state index in [0.29, 0.717) is 19.1 Å². The Kier molecular flexibility index (Phi) is 4.19. The van der Waals surface area contributed by atoms with E-state index in [2.05, 4.69) is 31.5 Å². The minimum atomic E-state index is -0.267. The van der Waals surface area contributed by atoms with Gasteiger partial charge in [0.15, 0.2) is 11.3 Å². The first kappa shape index (κ1) is 17.4. The largest absolute Gasteiger partial charge is 0.446 e. The van der Waals surface area contributed by atoms with E-state index in [9.17, 15) is 4.79 Å². The molecule has 0 bridgehead atoms. The van der Waals surface area contributed by atoms with Crippen molar-refractivity contribution in [3.63, 3.8) is 0 Å². The molecule has 3 atom stereocenters. The van der Waals surface area contributed by atoms with Crippen LogP contribution in [0.4, 0.5) is 4.79 Å². The predicted octanol–water partition coefficient (Wildman–Crippen LogP) is 2.34. The smallest absolute Gasteiger partial charge is 0.410 e. The van der Waals surface area contributed by atoms with Crippen molar-refractivity contribution in [2.75, 3.05) is 20.3 Å². The Morgan fingerprint density at radius 1 is 1.39 bits per heavy atom. The third kappa shape index (κ3) is 2.72. The second kappa shape index (κ2) is 6.73. The molecule has 4 heterocycles. The number of hydrogen-bond acceptors (Lipinski definition) is 6. The van der Waals surface area contributed by atoms with Crippen molar-refractivity contribution in [2.45, 2.75) is 44.2 Å². The molecule has 1 amide bonds. The van der Waals surface area contributed by atoms with Gasteiger partial charge in [-0.15, -0.1) is 10.2 Å². The first-order valence-corrected chi connectivity index (χ1v) is 9.84. The van der Waals surface area contributed by atoms with E-state index in [-0.39, 0.29) is 24.2 Å². The van der Waals surface area contributed by atoms with Gasteiger partial charge in [-0.05, 0) is 24.8 Å². The minimum Gasteiger partial charge on any atom is -0.446 e. The number of nitrogens with one attached hydrogen (secondary N) is 1. The van der Waals surface area contributed by atoms with Crippen molar-refractivity contribution in [1.29, 1.82) is 0 Å². The SMILES string of the molecule is CCC1CC(OC(=O)N(C)C2COC2)CC1c1nnc2cnc3[nH]ccc3n12. The maximum Gasteiger partial charge on any atom is 0.410 e. The fourth-order valence-corrected chi connectivity index (χ4v) is 4.40. The summed E-state index contributed by atoms with van der Waals surface area (Å²) in [6, 6.07) is 2.12. The van der Waals surface area contributed by atoms with Gasteiger partial charge in [0, 0.05) is 19.2 Å². The molecule has 1 aliphatic heterocycles. The van der Waals surface area contributed by atoms with Gasteiger partial charge in [0.2, 0.25) is 0 Å². The molecule has 2 fully saturated rings. The second-order valence-electron chi connectivity index (χ2n) is 7.78. The van der Waals surface area contributed by atoms with Crippen LogP contribution in [0.5, 0.6) is 0 Å². The van der Waals surface area contributed by atoms with Crippen LogP contribution in [-0.2, 0) is 9.47 Å². The van der Waals surface area contributed by atoms with Gasteiger partial charge in [-0.3, -0.25) is 4.40 Å². The van der Waals surface area contributed by atoms with Gasteiger partial charge in [-0.2, -0.15) is 0 Å². The number of carbonyl (C=O) groups excluding carboxylic acids is 1. The molecule has 1 aliphatic carbocycles. The highest BCUT2D eigenvalue weighted by molar-refractivity contribution is 5.74. The van der Waals surface area contributed by atoms with Crippen molar-refractivity contribution in [3.05, 3.63) is 24.3 Å². The predicted molar refractivity (Wildman–Crippen MR) is 101 cm³/mol. The van der Waals surface area contributed by atoms with Crippen LogP contribution in [0.3, 0.4) is 0 Å². The van der Waals surface area contributed by atoms with Crippen LogP contribution in [0.15, 0.2) is 18.5 Å². The average Bonchev–Trinajstić information content (AvgIpc) is 3.36. The fraction of sp³-hybridized carbons (Fsp3) is 0.579. The zero-order valence-electron chi connectivity index (χ0n) is 16.0. The number of aromatic nitrogens is 5. The summed E-state index contributed by atoms with van der Waals surface area (Å²) >= 11 is 0. The Morgan fingerprint density at radius 3 is 3.00 bits per heavy atom. The highest BCUT2D eigenvalue weighted by Crippen LogP contribution is 2.42. The Balaban J connectivity index is 1.40.